The Morgan fingerprint density at radius 2 is 2.35 bits per heavy atom. The number of ether oxygens (including phenoxy) is 2. The molecule has 20 heavy (non-hydrogen) atoms. The number of nitrogens with one attached hydrogen (secondary N) is 1. The molecule has 0 amide bonds. The Kier molecular flexibility index (Phi) is 3.45. The van der Waals surface area contributed by atoms with Crippen molar-refractivity contribution in [1.82, 2.24) is 3.53 Å². The molecule has 1 N–H and O–H groups in total. The summed E-state index contributed by atoms with van der Waals surface area (Å²) in [5.74, 6) is 0.777. The van der Waals surface area contributed by atoms with Crippen LogP contribution in [0.25, 0.3) is 0 Å². The third-order valence-corrected chi connectivity index (χ3v) is 9.75. The summed E-state index contributed by atoms with van der Waals surface area (Å²) in [6.45, 7) is 0.532. The molecule has 2 bridgehead atoms. The number of cyclic esters (lactones) is 1. The first-order chi connectivity index (χ1) is 9.57. The molecule has 2 heterocycles. The minimum atomic E-state index is -0.0821. The molecule has 5 nitrogen and oxygen atoms in total. The Bertz CT molecular complexity index is 469. The molecule has 7 heteroatoms. The van der Waals surface area contributed by atoms with E-state index in [1.807, 2.05) is 0 Å². The predicted octanol–water partition coefficient (Wildman–Crippen LogP) is -2.00. The molecule has 4 fully saturated rings. The van der Waals surface area contributed by atoms with E-state index in [2.05, 4.69) is 26.1 Å². The maximum absolute atomic E-state index is 12.2. The number of hydrogen-bond acceptors (Lipinski definition) is 5. The normalized spacial score (nSPS) is 47.0. The Labute approximate surface area is 141 Å². The van der Waals surface area contributed by atoms with Gasteiger partial charge in [-0.15, -0.1) is 0 Å². The van der Waals surface area contributed by atoms with Crippen molar-refractivity contribution in [3.8, 4) is 0 Å². The van der Waals surface area contributed by atoms with Gasteiger partial charge < -0.3 is 0 Å². The quantitative estimate of drug-likeness (QED) is 0.120. The average molecular weight is 504 g/mol. The second kappa shape index (κ2) is 4.94. The number of alkyl halides is 2. The third kappa shape index (κ3) is 2.27. The van der Waals surface area contributed by atoms with Gasteiger partial charge in [0.1, 0.15) is 0 Å². The summed E-state index contributed by atoms with van der Waals surface area (Å²) >= 11 is 2.22. The molecule has 2 aliphatic carbocycles. The second-order valence-corrected chi connectivity index (χ2v) is 10.3. The molecule has 6 unspecified atom stereocenters. The van der Waals surface area contributed by atoms with Crippen molar-refractivity contribution >= 4 is 34.5 Å². The summed E-state index contributed by atoms with van der Waals surface area (Å²) in [7, 11) is 0. The van der Waals surface area contributed by atoms with Crippen LogP contribution in [-0.4, -0.2) is 32.6 Å². The van der Waals surface area contributed by atoms with E-state index in [0.29, 0.717) is 28.9 Å². The van der Waals surface area contributed by atoms with Crippen LogP contribution in [0, 0.1) is 17.3 Å². The van der Waals surface area contributed by atoms with Crippen LogP contribution in [-0.2, 0) is 19.1 Å². The molecule has 4 rings (SSSR count). The van der Waals surface area contributed by atoms with E-state index in [-0.39, 0.29) is 48.9 Å². The SMILES string of the molecule is O=C1CC2(CO1)CC1CC(OC(=O)C(I)C3N[I-]3)C2C1. The standard InChI is InChI=1S/C13H16I2NO4/c14-10(11-15-16-11)12(18)20-8-2-6-1-7(8)13(3-6)4-9(17)19-5-13/h6-8,10-11,16H,1-5H2/q-1. The molecule has 2 saturated heterocycles. The number of halogens is 2. The molecule has 4 aliphatic rings. The van der Waals surface area contributed by atoms with Crippen molar-refractivity contribution in [3.05, 3.63) is 0 Å². The van der Waals surface area contributed by atoms with Crippen molar-refractivity contribution in [2.45, 2.75) is 39.8 Å². The van der Waals surface area contributed by atoms with Crippen LogP contribution in [0.2, 0.25) is 0 Å². The zero-order valence-electron chi connectivity index (χ0n) is 10.8. The molecular weight excluding hydrogens is 488 g/mol. The predicted molar refractivity (Wildman–Crippen MR) is 73.5 cm³/mol. The van der Waals surface area contributed by atoms with Crippen LogP contribution in [0.15, 0.2) is 0 Å². The Morgan fingerprint density at radius 3 is 2.95 bits per heavy atom. The topological polar surface area (TPSA) is 74.5 Å². The van der Waals surface area contributed by atoms with Gasteiger partial charge in [0.05, 0.1) is 0 Å². The zero-order valence-corrected chi connectivity index (χ0v) is 15.1. The van der Waals surface area contributed by atoms with Crippen molar-refractivity contribution in [2.75, 3.05) is 6.61 Å². The molecule has 2 saturated carbocycles. The molecule has 2 aliphatic heterocycles. The second-order valence-electron chi connectivity index (χ2n) is 6.34. The summed E-state index contributed by atoms with van der Waals surface area (Å²) in [5, 5.41) is 0. The average Bonchev–Trinajstić information content (AvgIpc) is 2.99. The van der Waals surface area contributed by atoms with Crippen molar-refractivity contribution in [3.63, 3.8) is 0 Å². The molecule has 1 spiro atoms. The Morgan fingerprint density at radius 1 is 1.55 bits per heavy atom. The van der Waals surface area contributed by atoms with E-state index in [4.69, 9.17) is 9.47 Å². The zero-order chi connectivity index (χ0) is 13.9. The van der Waals surface area contributed by atoms with Crippen LogP contribution >= 0.6 is 22.6 Å². The monoisotopic (exact) mass is 504 g/mol. The van der Waals surface area contributed by atoms with Gasteiger partial charge in [-0.2, -0.15) is 0 Å². The fourth-order valence-electron chi connectivity index (χ4n) is 4.23. The van der Waals surface area contributed by atoms with E-state index < -0.39 is 0 Å². The summed E-state index contributed by atoms with van der Waals surface area (Å²) in [6, 6.07) is 0. The summed E-state index contributed by atoms with van der Waals surface area (Å²) in [6.07, 6.45) is 3.66. The molecular formula is C13H16I2NO4-. The van der Waals surface area contributed by atoms with E-state index >= 15 is 0 Å². The van der Waals surface area contributed by atoms with Crippen LogP contribution in [0.4, 0.5) is 0 Å². The van der Waals surface area contributed by atoms with Gasteiger partial charge in [-0.3, -0.25) is 0 Å². The summed E-state index contributed by atoms with van der Waals surface area (Å²) in [4.78, 5) is 23.7. The van der Waals surface area contributed by atoms with E-state index in [9.17, 15) is 9.59 Å². The molecule has 0 aromatic rings. The van der Waals surface area contributed by atoms with Gasteiger partial charge in [0.25, 0.3) is 0 Å². The first kappa shape index (κ1) is 14.0. The Balaban J connectivity index is 1.45. The van der Waals surface area contributed by atoms with Gasteiger partial charge in [0.15, 0.2) is 0 Å². The fourth-order valence-corrected chi connectivity index (χ4v) is 7.33. The number of carbonyl (C=O) groups is 2. The van der Waals surface area contributed by atoms with E-state index in [1.54, 1.807) is 0 Å². The van der Waals surface area contributed by atoms with Crippen LogP contribution in [0.5, 0.6) is 0 Å². The fraction of sp³-hybridized carbons (Fsp3) is 0.846. The van der Waals surface area contributed by atoms with Gasteiger partial charge in [0.2, 0.25) is 0 Å². The number of hydrogen-bond donors (Lipinski definition) is 1. The van der Waals surface area contributed by atoms with Crippen LogP contribution in [0.3, 0.4) is 0 Å². The minimum absolute atomic E-state index is 0.00460. The number of fused-ring (bicyclic) bond motifs is 3. The molecule has 0 aromatic carbocycles. The van der Waals surface area contributed by atoms with Gasteiger partial charge in [0, 0.05) is 0 Å². The van der Waals surface area contributed by atoms with Gasteiger partial charge in [-0.1, -0.05) is 0 Å². The van der Waals surface area contributed by atoms with Crippen LogP contribution < -0.4 is 25.0 Å². The number of rotatable bonds is 3. The van der Waals surface area contributed by atoms with Crippen molar-refractivity contribution < 1.29 is 40.5 Å². The summed E-state index contributed by atoms with van der Waals surface area (Å²) < 4.78 is 14.6. The van der Waals surface area contributed by atoms with Crippen LogP contribution in [0.1, 0.15) is 25.7 Å². The molecule has 6 atom stereocenters. The third-order valence-electron chi connectivity index (χ3n) is 5.09. The first-order valence-electron chi connectivity index (χ1n) is 6.95. The molecule has 0 radical (unpaired) electrons. The molecule has 112 valence electrons. The van der Waals surface area contributed by atoms with Gasteiger partial charge >= 0.3 is 142 Å². The van der Waals surface area contributed by atoms with Crippen molar-refractivity contribution in [1.29, 1.82) is 0 Å². The van der Waals surface area contributed by atoms with E-state index in [1.165, 1.54) is 0 Å². The van der Waals surface area contributed by atoms with Gasteiger partial charge in [-0.25, -0.2) is 0 Å². The first-order valence-corrected chi connectivity index (χ1v) is 10.5. The number of carbonyl (C=O) groups excluding carboxylic acids is 2. The van der Waals surface area contributed by atoms with Crippen molar-refractivity contribution in [2.24, 2.45) is 17.3 Å². The maximum atomic E-state index is 12.2. The summed E-state index contributed by atoms with van der Waals surface area (Å²) in [5.41, 5.74) is -0.0313. The number of esters is 2. The molecule has 0 aromatic heterocycles. The Hall–Kier alpha value is 0.360. The van der Waals surface area contributed by atoms with Gasteiger partial charge in [-0.05, 0) is 0 Å². The van der Waals surface area contributed by atoms with E-state index in [0.717, 1.165) is 19.3 Å².